The minimum Gasteiger partial charge on any atom is -0.396 e. The molecule has 5 heteroatoms. The Morgan fingerprint density at radius 2 is 2.19 bits per heavy atom. The van der Waals surface area contributed by atoms with Crippen molar-refractivity contribution in [1.29, 1.82) is 0 Å². The van der Waals surface area contributed by atoms with Crippen LogP contribution >= 0.6 is 0 Å². The molecule has 2 N–H and O–H groups in total. The van der Waals surface area contributed by atoms with E-state index in [0.717, 1.165) is 25.0 Å². The van der Waals surface area contributed by atoms with Crippen LogP contribution in [0, 0.1) is 12.8 Å². The highest BCUT2D eigenvalue weighted by Crippen LogP contribution is 2.19. The average molecular weight is 291 g/mol. The smallest absolute Gasteiger partial charge is 0.272 e. The summed E-state index contributed by atoms with van der Waals surface area (Å²) < 4.78 is 1.95. The van der Waals surface area contributed by atoms with Crippen molar-refractivity contribution >= 4 is 5.91 Å². The first-order valence-electron chi connectivity index (χ1n) is 7.75. The van der Waals surface area contributed by atoms with Crippen LogP contribution < -0.4 is 5.32 Å². The van der Waals surface area contributed by atoms with Crippen molar-refractivity contribution in [2.75, 3.05) is 6.61 Å². The fourth-order valence-corrected chi connectivity index (χ4v) is 2.86. The monoisotopic (exact) mass is 291 g/mol. The van der Waals surface area contributed by atoms with E-state index in [0.29, 0.717) is 11.7 Å². The molecule has 0 aromatic carbocycles. The van der Waals surface area contributed by atoms with Gasteiger partial charge in [0.25, 0.3) is 5.91 Å². The van der Waals surface area contributed by atoms with E-state index in [2.05, 4.69) is 24.3 Å². The van der Waals surface area contributed by atoms with Crippen LogP contribution in [-0.4, -0.2) is 33.4 Å². The number of nitrogens with zero attached hydrogens (tertiary/aromatic N) is 2. The highest BCUT2D eigenvalue weighted by molar-refractivity contribution is 5.92. The zero-order valence-corrected chi connectivity index (χ0v) is 13.0. The fraction of sp³-hybridized carbons (Fsp3) is 0.625. The van der Waals surface area contributed by atoms with Crippen LogP contribution in [0.2, 0.25) is 0 Å². The summed E-state index contributed by atoms with van der Waals surface area (Å²) in [5.74, 6) is 0.00945. The molecule has 0 saturated heterocycles. The lowest BCUT2D eigenvalue weighted by molar-refractivity contribution is 0.0935. The summed E-state index contributed by atoms with van der Waals surface area (Å²) in [4.78, 5) is 12.3. The Bertz CT molecular complexity index is 518. The molecule has 2 rings (SSSR count). The largest absolute Gasteiger partial charge is 0.396 e. The molecule has 2 atom stereocenters. The zero-order chi connectivity index (χ0) is 15.4. The minimum atomic E-state index is -0.143. The molecule has 1 aliphatic rings. The standard InChI is InChI=1S/C16H25N3O2/c1-4-14(5-2)19-11(3)8-15(18-19)16(21)17-13-7-6-12(9-13)10-20/h6-8,12-14,20H,4-5,9-10H2,1-3H3,(H,17,21)/t12-,13+/m0/s1. The number of aryl methyl sites for hydroxylation is 1. The summed E-state index contributed by atoms with van der Waals surface area (Å²) >= 11 is 0. The number of amides is 1. The molecule has 116 valence electrons. The molecule has 1 aliphatic carbocycles. The SMILES string of the molecule is CCC(CC)n1nc(C(=O)N[C@@H]2C=C[C@H](CO)C2)cc1C. The van der Waals surface area contributed by atoms with E-state index in [1.807, 2.05) is 29.8 Å². The first-order valence-corrected chi connectivity index (χ1v) is 7.75. The number of rotatable bonds is 6. The number of aliphatic hydroxyl groups excluding tert-OH is 1. The van der Waals surface area contributed by atoms with E-state index in [-0.39, 0.29) is 24.5 Å². The number of carbonyl (C=O) groups excluding carboxylic acids is 1. The average Bonchev–Trinajstić information content (AvgIpc) is 3.08. The Hall–Kier alpha value is -1.62. The predicted molar refractivity (Wildman–Crippen MR) is 82.2 cm³/mol. The van der Waals surface area contributed by atoms with Crippen molar-refractivity contribution in [3.8, 4) is 0 Å². The van der Waals surface area contributed by atoms with Gasteiger partial charge in [-0.15, -0.1) is 0 Å². The Kier molecular flexibility index (Phi) is 5.17. The van der Waals surface area contributed by atoms with Gasteiger partial charge in [-0.25, -0.2) is 0 Å². The molecule has 0 aliphatic heterocycles. The fourth-order valence-electron chi connectivity index (χ4n) is 2.86. The second-order valence-electron chi connectivity index (χ2n) is 5.73. The predicted octanol–water partition coefficient (Wildman–Crippen LogP) is 2.22. The number of hydrogen-bond acceptors (Lipinski definition) is 3. The lowest BCUT2D eigenvalue weighted by Gasteiger charge is -2.15. The van der Waals surface area contributed by atoms with Crippen molar-refractivity contribution < 1.29 is 9.90 Å². The summed E-state index contributed by atoms with van der Waals surface area (Å²) in [6.45, 7) is 6.38. The number of nitrogens with one attached hydrogen (secondary N) is 1. The third-order valence-electron chi connectivity index (χ3n) is 4.17. The minimum absolute atomic E-state index is 0.00625. The number of aliphatic hydroxyl groups is 1. The summed E-state index contributed by atoms with van der Waals surface area (Å²) in [7, 11) is 0. The molecule has 0 bridgehead atoms. The maximum Gasteiger partial charge on any atom is 0.272 e. The number of aromatic nitrogens is 2. The number of carbonyl (C=O) groups is 1. The van der Waals surface area contributed by atoms with Crippen LogP contribution in [0.3, 0.4) is 0 Å². The summed E-state index contributed by atoms with van der Waals surface area (Å²) in [6.07, 6.45) is 6.67. The first kappa shape index (κ1) is 15.8. The molecule has 0 fully saturated rings. The molecule has 5 nitrogen and oxygen atoms in total. The van der Waals surface area contributed by atoms with Crippen LogP contribution in [0.15, 0.2) is 18.2 Å². The molecular weight excluding hydrogens is 266 g/mol. The Balaban J connectivity index is 2.03. The molecule has 0 saturated carbocycles. The molecule has 1 aromatic rings. The molecule has 0 unspecified atom stereocenters. The maximum absolute atomic E-state index is 12.3. The van der Waals surface area contributed by atoms with Gasteiger partial charge in [-0.05, 0) is 32.3 Å². The lowest BCUT2D eigenvalue weighted by Crippen LogP contribution is -2.33. The van der Waals surface area contributed by atoms with E-state index in [1.165, 1.54) is 0 Å². The zero-order valence-electron chi connectivity index (χ0n) is 13.0. The van der Waals surface area contributed by atoms with Crippen molar-refractivity contribution in [2.24, 2.45) is 5.92 Å². The van der Waals surface area contributed by atoms with Crippen molar-refractivity contribution in [2.45, 2.75) is 52.1 Å². The highest BCUT2D eigenvalue weighted by atomic mass is 16.3. The molecule has 1 heterocycles. The topological polar surface area (TPSA) is 67.2 Å². The first-order chi connectivity index (χ1) is 10.1. The Labute approximate surface area is 126 Å². The third kappa shape index (κ3) is 3.53. The summed E-state index contributed by atoms with van der Waals surface area (Å²) in [6, 6.07) is 2.18. The van der Waals surface area contributed by atoms with E-state index in [1.54, 1.807) is 0 Å². The van der Waals surface area contributed by atoms with E-state index in [9.17, 15) is 4.79 Å². The molecule has 0 radical (unpaired) electrons. The maximum atomic E-state index is 12.3. The molecular formula is C16H25N3O2. The van der Waals surface area contributed by atoms with Crippen LogP contribution in [-0.2, 0) is 0 Å². The Morgan fingerprint density at radius 3 is 2.76 bits per heavy atom. The van der Waals surface area contributed by atoms with Gasteiger partial charge >= 0.3 is 0 Å². The molecule has 0 spiro atoms. The van der Waals surface area contributed by atoms with Gasteiger partial charge in [-0.1, -0.05) is 26.0 Å². The van der Waals surface area contributed by atoms with Gasteiger partial charge in [-0.3, -0.25) is 9.48 Å². The van der Waals surface area contributed by atoms with Crippen molar-refractivity contribution in [3.63, 3.8) is 0 Å². The second kappa shape index (κ2) is 6.89. The highest BCUT2D eigenvalue weighted by Gasteiger charge is 2.22. The van der Waals surface area contributed by atoms with Gasteiger partial charge in [0.05, 0.1) is 6.04 Å². The molecule has 1 aromatic heterocycles. The number of hydrogen-bond donors (Lipinski definition) is 2. The van der Waals surface area contributed by atoms with Crippen LogP contribution in [0.25, 0.3) is 0 Å². The normalized spacial score (nSPS) is 21.2. The van der Waals surface area contributed by atoms with Crippen LogP contribution in [0.4, 0.5) is 0 Å². The van der Waals surface area contributed by atoms with Crippen molar-refractivity contribution in [3.05, 3.63) is 29.6 Å². The van der Waals surface area contributed by atoms with Gasteiger partial charge in [0.2, 0.25) is 0 Å². The third-order valence-corrected chi connectivity index (χ3v) is 4.17. The van der Waals surface area contributed by atoms with Crippen LogP contribution in [0.5, 0.6) is 0 Å². The van der Waals surface area contributed by atoms with E-state index < -0.39 is 0 Å². The van der Waals surface area contributed by atoms with Crippen LogP contribution in [0.1, 0.15) is 55.3 Å². The quantitative estimate of drug-likeness (QED) is 0.790. The lowest BCUT2D eigenvalue weighted by atomic mass is 10.1. The van der Waals surface area contributed by atoms with Gasteiger partial charge in [0.1, 0.15) is 5.69 Å². The van der Waals surface area contributed by atoms with Crippen molar-refractivity contribution in [1.82, 2.24) is 15.1 Å². The van der Waals surface area contributed by atoms with Gasteiger partial charge in [0.15, 0.2) is 0 Å². The molecule has 21 heavy (non-hydrogen) atoms. The Morgan fingerprint density at radius 1 is 1.48 bits per heavy atom. The van der Waals surface area contributed by atoms with E-state index in [4.69, 9.17) is 5.11 Å². The van der Waals surface area contributed by atoms with Gasteiger partial charge in [-0.2, -0.15) is 5.10 Å². The van der Waals surface area contributed by atoms with Gasteiger partial charge in [0, 0.05) is 24.3 Å². The summed E-state index contributed by atoms with van der Waals surface area (Å²) in [5.41, 5.74) is 1.49. The second-order valence-corrected chi connectivity index (χ2v) is 5.73. The molecule has 1 amide bonds. The van der Waals surface area contributed by atoms with Gasteiger partial charge < -0.3 is 10.4 Å². The van der Waals surface area contributed by atoms with E-state index >= 15 is 0 Å². The summed E-state index contributed by atoms with van der Waals surface area (Å²) in [5, 5.41) is 16.5.